The van der Waals surface area contributed by atoms with E-state index in [2.05, 4.69) is 208 Å². The van der Waals surface area contributed by atoms with Crippen LogP contribution < -0.4 is 58.5 Å². The number of ketones is 1. The van der Waals surface area contributed by atoms with Crippen LogP contribution in [-0.2, 0) is 95.4 Å². The van der Waals surface area contributed by atoms with Gasteiger partial charge in [-0.3, -0.25) is 57.5 Å². The lowest BCUT2D eigenvalue weighted by Gasteiger charge is -2.38. The number of nitrogens with one attached hydrogen (secondary N) is 11. The van der Waals surface area contributed by atoms with Gasteiger partial charge in [0.15, 0.2) is 0 Å². The molecule has 0 spiro atoms. The number of hydrogen-bond donors (Lipinski definition) is 11. The molecule has 11 N–H and O–H groups in total. The van der Waals surface area contributed by atoms with Crippen LogP contribution in [0.25, 0.3) is 0 Å². The minimum absolute atomic E-state index is 0.0150. The Labute approximate surface area is 743 Å². The summed E-state index contributed by atoms with van der Waals surface area (Å²) in [6, 6.07) is 0. The van der Waals surface area contributed by atoms with E-state index in [1.165, 1.54) is 0 Å². The van der Waals surface area contributed by atoms with Crippen LogP contribution in [0.15, 0.2) is 12.7 Å². The number of alkyl halides is 9. The molecule has 654 valence electrons. The van der Waals surface area contributed by atoms with Crippen molar-refractivity contribution < 1.29 is 95.4 Å². The Balaban J connectivity index is 8.20. The van der Waals surface area contributed by atoms with Gasteiger partial charge in [-0.05, 0) is 131 Å². The van der Waals surface area contributed by atoms with Gasteiger partial charge in [0, 0.05) is 88.1 Å². The van der Waals surface area contributed by atoms with Crippen molar-refractivity contribution in [3.8, 4) is 0 Å². The van der Waals surface area contributed by atoms with Crippen LogP contribution in [0.4, 0.5) is 0 Å². The quantitative estimate of drug-likeness (QED) is 0.0184. The zero-order valence-corrected chi connectivity index (χ0v) is 82.9. The molecule has 40 heteroatoms. The van der Waals surface area contributed by atoms with E-state index in [0.29, 0.717) is 26.4 Å². The maximum atomic E-state index is 14.5. The van der Waals surface area contributed by atoms with Crippen LogP contribution in [0.3, 0.4) is 0 Å². The summed E-state index contributed by atoms with van der Waals surface area (Å²) in [5, 5.41) is 31.6. The number of rotatable bonds is 61. The predicted octanol–water partition coefficient (Wildman–Crippen LogP) is 6.19. The van der Waals surface area contributed by atoms with Gasteiger partial charge in [-0.2, -0.15) is 0 Å². The highest BCUT2D eigenvalue weighted by molar-refractivity contribution is 9.11. The topological polar surface area (TPSA) is 411 Å². The van der Waals surface area contributed by atoms with Crippen LogP contribution in [0, 0.1) is 16.2 Å². The fraction of sp³-hybridized carbons (Fsp3) is 0.808. The maximum absolute atomic E-state index is 14.5. The molecule has 0 aliphatic rings. The van der Waals surface area contributed by atoms with Gasteiger partial charge in [0.25, 0.3) is 0 Å². The van der Waals surface area contributed by atoms with Crippen molar-refractivity contribution in [3.05, 3.63) is 12.7 Å². The molecule has 1 unspecified atom stereocenters. The molecular weight excluding hydrogens is 2070 g/mol. The second-order valence-electron chi connectivity index (χ2n) is 32.3. The lowest BCUT2D eigenvalue weighted by Crippen LogP contribution is -2.67. The van der Waals surface area contributed by atoms with E-state index in [4.69, 9.17) is 37.9 Å². The summed E-state index contributed by atoms with van der Waals surface area (Å²) in [6.45, 7) is 28.9. The van der Waals surface area contributed by atoms with Gasteiger partial charge in [0.05, 0.1) is 130 Å². The van der Waals surface area contributed by atoms with Gasteiger partial charge >= 0.3 is 0 Å². The zero-order valence-electron chi connectivity index (χ0n) is 68.7. The molecule has 0 saturated heterocycles. The fourth-order valence-electron chi connectivity index (χ4n) is 9.06. The standard InChI is InChI=1S/C73H124Br9N11O20/c1-20-23-106-24-25-107-26-27-108-28-29-109-30-31-110-46-71(39-85-52(97)34-113-48-73(93-60(105)69(18,19)82,43-91-58(103)67(14,15)80)44-92-59(104)68(16,17)81,37-83-50(95)32-111-45-70(22-21-49(94)61(2,3)74,35-86-53(98)62(4,5)75)36-87-54(99)63(6,7)76)38-84-51(96)33-112-47-72(40-88-55(100)64(8,9)77,41-89-56(101)65(10,11)78)42-90-57(102)66(12,13)79/h20H,1,21-48H2,2-19H3,(H,83,95)(H,84,96)(H,85,97)(H,86,98)(H,87,99)(H,88,100)(H,89,101)(H,90,102)(H,91,103)(H,92,104)(H,93,105). The first-order valence-electron chi connectivity index (χ1n) is 36.6. The first-order valence-corrected chi connectivity index (χ1v) is 43.7. The third-order valence-electron chi connectivity index (χ3n) is 16.5. The number of carbonyl (C=O) groups excluding carboxylic acids is 12. The molecule has 0 radical (unpaired) electrons. The first kappa shape index (κ1) is 111. The van der Waals surface area contributed by atoms with Crippen molar-refractivity contribution in [1.29, 1.82) is 0 Å². The van der Waals surface area contributed by atoms with E-state index in [1.54, 1.807) is 131 Å². The molecule has 0 aromatic heterocycles. The Kier molecular flexibility index (Phi) is 49.6. The van der Waals surface area contributed by atoms with Crippen LogP contribution in [-0.4, -0.2) is 286 Å². The summed E-state index contributed by atoms with van der Waals surface area (Å²) < 4.78 is 37.6. The number of amides is 11. The third kappa shape index (κ3) is 48.6. The van der Waals surface area contributed by atoms with Gasteiger partial charge in [0.1, 0.15) is 25.6 Å². The number of carbonyl (C=O) groups is 12. The molecule has 113 heavy (non-hydrogen) atoms. The van der Waals surface area contributed by atoms with E-state index < -0.39 is 159 Å². The number of ether oxygens (including phenoxy) is 8. The van der Waals surface area contributed by atoms with E-state index >= 15 is 0 Å². The number of hydrogen-bond acceptors (Lipinski definition) is 20. The summed E-state index contributed by atoms with van der Waals surface area (Å²) in [7, 11) is 0. The molecule has 0 aliphatic heterocycles. The monoisotopic (exact) mass is 2190 g/mol. The minimum atomic E-state index is -1.61. The first-order chi connectivity index (χ1) is 51.5. The lowest BCUT2D eigenvalue weighted by molar-refractivity contribution is -0.132. The van der Waals surface area contributed by atoms with E-state index in [1.807, 2.05) is 0 Å². The molecule has 0 aromatic rings. The number of Topliss-reactive ketones (excluding diaryl/α,β-unsaturated/α-hetero) is 1. The van der Waals surface area contributed by atoms with E-state index in [0.717, 1.165) is 0 Å². The minimum Gasteiger partial charge on any atom is -0.378 e. The Morgan fingerprint density at radius 3 is 0.779 bits per heavy atom. The molecule has 31 nitrogen and oxygen atoms in total. The zero-order chi connectivity index (χ0) is 87.4. The molecule has 1 atom stereocenters. The molecule has 0 aliphatic carbocycles. The largest absolute Gasteiger partial charge is 0.378 e. The SMILES string of the molecule is C=CCOCCOCCOCCOCCOCC(CNC(=O)COCC(CCC(=O)C(C)(C)Br)(CNC(=O)C(C)(C)Br)CNC(=O)C(C)(C)Br)(CNC(=O)COCC(CNC(=O)C(C)(C)Br)(CNC(=O)C(C)(C)Br)CNC(=O)C(C)(C)Br)CNC(=O)COCC(CNC(=O)C(C)(C)Br)(CNC(=O)C(C)(C)Br)NC(=O)C(C)(C)Br. The molecule has 0 fully saturated rings. The summed E-state index contributed by atoms with van der Waals surface area (Å²) in [6.07, 6.45) is 1.66. The van der Waals surface area contributed by atoms with Gasteiger partial charge in [-0.15, -0.1) is 6.58 Å². The van der Waals surface area contributed by atoms with E-state index in [-0.39, 0.29) is 130 Å². The van der Waals surface area contributed by atoms with Crippen LogP contribution in [0.1, 0.15) is 137 Å². The predicted molar refractivity (Wildman–Crippen MR) is 466 cm³/mol. The summed E-state index contributed by atoms with van der Waals surface area (Å²) >= 11 is 30.5. The van der Waals surface area contributed by atoms with Gasteiger partial charge in [-0.25, -0.2) is 0 Å². The fourth-order valence-corrected chi connectivity index (χ4v) is 10.3. The lowest BCUT2D eigenvalue weighted by atomic mass is 9.81. The Morgan fingerprint density at radius 1 is 0.274 bits per heavy atom. The van der Waals surface area contributed by atoms with Crippen LogP contribution in [0.5, 0.6) is 0 Å². The van der Waals surface area contributed by atoms with Crippen molar-refractivity contribution in [1.82, 2.24) is 58.5 Å². The summed E-state index contributed by atoms with van der Waals surface area (Å²) in [4.78, 5) is 165. The molecular formula is C73H124Br9N11O20. The second-order valence-corrected chi connectivity index (χ2v) is 50.1. The Bertz CT molecular complexity index is 2780. The van der Waals surface area contributed by atoms with Crippen molar-refractivity contribution in [3.63, 3.8) is 0 Å². The second kappa shape index (κ2) is 50.7. The molecule has 11 amide bonds. The molecule has 0 aromatic carbocycles. The van der Waals surface area contributed by atoms with Crippen molar-refractivity contribution in [2.24, 2.45) is 16.2 Å². The normalized spacial score (nSPS) is 13.5. The Morgan fingerprint density at radius 2 is 0.504 bits per heavy atom. The molecule has 0 rings (SSSR count). The number of halogens is 9. The van der Waals surface area contributed by atoms with Gasteiger partial charge in [0.2, 0.25) is 65.0 Å². The Hall–Kier alpha value is -2.42. The van der Waals surface area contributed by atoms with Crippen LogP contribution >= 0.6 is 143 Å². The summed E-state index contributed by atoms with van der Waals surface area (Å²) in [5.74, 6) is -6.15. The van der Waals surface area contributed by atoms with Gasteiger partial charge < -0.3 is 96.4 Å². The highest BCUT2D eigenvalue weighted by Crippen LogP contribution is 2.31. The van der Waals surface area contributed by atoms with Crippen molar-refractivity contribution >= 4 is 214 Å². The molecule has 0 bridgehead atoms. The highest BCUT2D eigenvalue weighted by atomic mass is 79.9. The molecule has 0 heterocycles. The average Bonchev–Trinajstić information content (AvgIpc) is 0.859. The summed E-state index contributed by atoms with van der Waals surface area (Å²) in [5.41, 5.74) is -5.67. The van der Waals surface area contributed by atoms with E-state index in [9.17, 15) is 57.5 Å². The van der Waals surface area contributed by atoms with Crippen molar-refractivity contribution in [2.75, 3.05) is 171 Å². The third-order valence-corrected chi connectivity index (χ3v) is 19.9. The smallest absolute Gasteiger partial charge is 0.246 e. The maximum Gasteiger partial charge on any atom is 0.246 e. The highest BCUT2D eigenvalue weighted by Gasteiger charge is 2.43. The molecule has 0 saturated carbocycles. The van der Waals surface area contributed by atoms with Crippen molar-refractivity contribution in [2.45, 2.75) is 182 Å². The van der Waals surface area contributed by atoms with Crippen LogP contribution in [0.2, 0.25) is 0 Å². The van der Waals surface area contributed by atoms with Gasteiger partial charge in [-0.1, -0.05) is 149 Å². The average molecular weight is 2190 g/mol.